The molecule has 0 amide bonds. The molecule has 2 aliphatic rings. The molecule has 3 unspecified atom stereocenters. The number of nitrogens with one attached hydrogen (secondary N) is 1. The molecule has 2 fully saturated rings. The highest BCUT2D eigenvalue weighted by Crippen LogP contribution is 2.51. The lowest BCUT2D eigenvalue weighted by Crippen LogP contribution is -2.69. The van der Waals surface area contributed by atoms with Crippen LogP contribution < -0.4 is 5.32 Å². The highest BCUT2D eigenvalue weighted by molar-refractivity contribution is 7.11. The summed E-state index contributed by atoms with van der Waals surface area (Å²) in [5, 5.41) is 4.90. The van der Waals surface area contributed by atoms with Crippen LogP contribution >= 0.6 is 11.3 Å². The third-order valence-electron chi connectivity index (χ3n) is 4.47. The molecule has 0 aromatic carbocycles. The Kier molecular flexibility index (Phi) is 3.20. The zero-order chi connectivity index (χ0) is 12.8. The molecule has 4 heteroatoms. The van der Waals surface area contributed by atoms with Gasteiger partial charge in [-0.15, -0.1) is 11.3 Å². The van der Waals surface area contributed by atoms with Crippen molar-refractivity contribution in [2.45, 2.75) is 52.3 Å². The van der Waals surface area contributed by atoms with Crippen LogP contribution in [0.15, 0.2) is 6.20 Å². The van der Waals surface area contributed by atoms with E-state index in [-0.39, 0.29) is 5.41 Å². The number of aryl methyl sites for hydroxylation is 1. The Balaban J connectivity index is 1.62. The number of nitrogens with zero attached hydrogens (tertiary/aromatic N) is 1. The number of fused-ring (bicyclic) bond motifs is 1. The van der Waals surface area contributed by atoms with Crippen molar-refractivity contribution in [3.05, 3.63) is 16.1 Å². The lowest BCUT2D eigenvalue weighted by atomic mass is 9.55. The summed E-state index contributed by atoms with van der Waals surface area (Å²) in [5.41, 5.74) is 0.261. The Morgan fingerprint density at radius 2 is 2.39 bits per heavy atom. The number of hydrogen-bond donors (Lipinski definition) is 1. The molecule has 1 aliphatic carbocycles. The minimum Gasteiger partial charge on any atom is -0.377 e. The number of aromatic nitrogens is 1. The van der Waals surface area contributed by atoms with Crippen molar-refractivity contribution >= 4 is 11.3 Å². The maximum atomic E-state index is 5.93. The van der Waals surface area contributed by atoms with Gasteiger partial charge in [-0.25, -0.2) is 4.98 Å². The SMILES string of the molecule is Cc1cnc(CNC2C3CCCOC3C2(C)C)s1. The average Bonchev–Trinajstić information content (AvgIpc) is 2.75. The van der Waals surface area contributed by atoms with Gasteiger partial charge in [0, 0.05) is 41.6 Å². The lowest BCUT2D eigenvalue weighted by Gasteiger charge is -2.60. The van der Waals surface area contributed by atoms with Gasteiger partial charge in [0.2, 0.25) is 0 Å². The second kappa shape index (κ2) is 4.58. The summed E-state index contributed by atoms with van der Waals surface area (Å²) in [7, 11) is 0. The summed E-state index contributed by atoms with van der Waals surface area (Å²) in [6.07, 6.45) is 4.94. The van der Waals surface area contributed by atoms with E-state index >= 15 is 0 Å². The molecule has 0 spiro atoms. The van der Waals surface area contributed by atoms with Crippen molar-refractivity contribution < 1.29 is 4.74 Å². The molecule has 0 bridgehead atoms. The maximum absolute atomic E-state index is 5.93. The summed E-state index contributed by atoms with van der Waals surface area (Å²) < 4.78 is 5.93. The van der Waals surface area contributed by atoms with Crippen LogP contribution in [-0.2, 0) is 11.3 Å². The molecular weight excluding hydrogens is 244 g/mol. The van der Waals surface area contributed by atoms with Gasteiger partial charge in [-0.2, -0.15) is 0 Å². The predicted molar refractivity (Wildman–Crippen MR) is 73.7 cm³/mol. The minimum atomic E-state index is 0.261. The van der Waals surface area contributed by atoms with Crippen molar-refractivity contribution in [1.29, 1.82) is 0 Å². The Morgan fingerprint density at radius 3 is 3.11 bits per heavy atom. The van der Waals surface area contributed by atoms with E-state index in [1.54, 1.807) is 11.3 Å². The summed E-state index contributed by atoms with van der Waals surface area (Å²) in [6.45, 7) is 8.60. The molecule has 1 aliphatic heterocycles. The van der Waals surface area contributed by atoms with Crippen LogP contribution in [0.2, 0.25) is 0 Å². The van der Waals surface area contributed by atoms with Crippen LogP contribution in [0.5, 0.6) is 0 Å². The molecule has 3 atom stereocenters. The fourth-order valence-corrected chi connectivity index (χ4v) is 4.36. The highest BCUT2D eigenvalue weighted by atomic mass is 32.1. The number of ether oxygens (including phenoxy) is 1. The van der Waals surface area contributed by atoms with Crippen molar-refractivity contribution in [2.75, 3.05) is 6.61 Å². The third-order valence-corrected chi connectivity index (χ3v) is 5.39. The number of hydrogen-bond acceptors (Lipinski definition) is 4. The predicted octanol–water partition coefficient (Wildman–Crippen LogP) is 2.74. The Hall–Kier alpha value is -0.450. The summed E-state index contributed by atoms with van der Waals surface area (Å²) in [6, 6.07) is 0.576. The van der Waals surface area contributed by atoms with Crippen LogP contribution in [0.4, 0.5) is 0 Å². The molecular formula is C14H22N2OS. The average molecular weight is 266 g/mol. The van der Waals surface area contributed by atoms with E-state index in [1.165, 1.54) is 22.7 Å². The van der Waals surface area contributed by atoms with Gasteiger partial charge in [-0.3, -0.25) is 0 Å². The second-order valence-electron chi connectivity index (χ2n) is 6.14. The van der Waals surface area contributed by atoms with Crippen molar-refractivity contribution in [1.82, 2.24) is 10.3 Å². The number of rotatable bonds is 3. The van der Waals surface area contributed by atoms with Crippen molar-refractivity contribution in [3.8, 4) is 0 Å². The Labute approximate surface area is 113 Å². The van der Waals surface area contributed by atoms with Crippen molar-refractivity contribution in [2.24, 2.45) is 11.3 Å². The minimum absolute atomic E-state index is 0.261. The van der Waals surface area contributed by atoms with E-state index in [9.17, 15) is 0 Å². The summed E-state index contributed by atoms with van der Waals surface area (Å²) >= 11 is 1.79. The van der Waals surface area contributed by atoms with Crippen LogP contribution in [0, 0.1) is 18.3 Å². The molecule has 0 radical (unpaired) electrons. The molecule has 3 nitrogen and oxygen atoms in total. The third kappa shape index (κ3) is 2.00. The fourth-order valence-electron chi connectivity index (χ4n) is 3.62. The van der Waals surface area contributed by atoms with Gasteiger partial charge >= 0.3 is 0 Å². The van der Waals surface area contributed by atoms with Gasteiger partial charge in [0.1, 0.15) is 5.01 Å². The molecule has 1 saturated carbocycles. The molecule has 1 aromatic rings. The van der Waals surface area contributed by atoms with Gasteiger partial charge in [0.05, 0.1) is 6.10 Å². The molecule has 1 N–H and O–H groups in total. The van der Waals surface area contributed by atoms with E-state index in [0.29, 0.717) is 18.1 Å². The van der Waals surface area contributed by atoms with E-state index < -0.39 is 0 Å². The zero-order valence-corrected chi connectivity index (χ0v) is 12.2. The van der Waals surface area contributed by atoms with E-state index in [1.807, 2.05) is 6.20 Å². The summed E-state index contributed by atoms with van der Waals surface area (Å²) in [4.78, 5) is 5.71. The van der Waals surface area contributed by atoms with Crippen LogP contribution in [0.3, 0.4) is 0 Å². The maximum Gasteiger partial charge on any atom is 0.107 e. The van der Waals surface area contributed by atoms with Gasteiger partial charge < -0.3 is 10.1 Å². The molecule has 100 valence electrons. The van der Waals surface area contributed by atoms with Gasteiger partial charge in [0.15, 0.2) is 0 Å². The first-order chi connectivity index (χ1) is 8.59. The fraction of sp³-hybridized carbons (Fsp3) is 0.786. The topological polar surface area (TPSA) is 34.2 Å². The molecule has 1 saturated heterocycles. The quantitative estimate of drug-likeness (QED) is 0.913. The monoisotopic (exact) mass is 266 g/mol. The first-order valence-corrected chi connectivity index (χ1v) is 7.67. The molecule has 2 heterocycles. The van der Waals surface area contributed by atoms with Gasteiger partial charge in [0.25, 0.3) is 0 Å². The highest BCUT2D eigenvalue weighted by Gasteiger charge is 2.57. The first-order valence-electron chi connectivity index (χ1n) is 6.85. The normalized spacial score (nSPS) is 33.8. The largest absolute Gasteiger partial charge is 0.377 e. The van der Waals surface area contributed by atoms with Crippen LogP contribution in [-0.4, -0.2) is 23.7 Å². The molecule has 3 rings (SSSR count). The summed E-state index contributed by atoms with van der Waals surface area (Å²) in [5.74, 6) is 0.704. The van der Waals surface area contributed by atoms with Gasteiger partial charge in [-0.05, 0) is 19.8 Å². The van der Waals surface area contributed by atoms with Crippen LogP contribution in [0.1, 0.15) is 36.6 Å². The Morgan fingerprint density at radius 1 is 1.56 bits per heavy atom. The second-order valence-corrected chi connectivity index (χ2v) is 7.46. The first kappa shape index (κ1) is 12.6. The zero-order valence-electron chi connectivity index (χ0n) is 11.4. The van der Waals surface area contributed by atoms with Crippen LogP contribution in [0.25, 0.3) is 0 Å². The van der Waals surface area contributed by atoms with Gasteiger partial charge in [-0.1, -0.05) is 13.8 Å². The lowest BCUT2D eigenvalue weighted by molar-refractivity contribution is -0.192. The standard InChI is InChI=1S/C14H22N2OS/c1-9-7-15-11(18-9)8-16-12-10-5-4-6-17-13(10)14(12,2)3/h7,10,12-13,16H,4-6,8H2,1-3H3. The van der Waals surface area contributed by atoms with E-state index in [0.717, 1.165) is 13.2 Å². The smallest absolute Gasteiger partial charge is 0.107 e. The van der Waals surface area contributed by atoms with Crippen molar-refractivity contribution in [3.63, 3.8) is 0 Å². The van der Waals surface area contributed by atoms with E-state index in [4.69, 9.17) is 4.74 Å². The van der Waals surface area contributed by atoms with E-state index in [2.05, 4.69) is 31.1 Å². The number of thiazole rings is 1. The Bertz CT molecular complexity index is 429. The molecule has 1 aromatic heterocycles. The molecule has 18 heavy (non-hydrogen) atoms.